The first-order chi connectivity index (χ1) is 15.9. The van der Waals surface area contributed by atoms with Crippen LogP contribution in [0.3, 0.4) is 0 Å². The Hall–Kier alpha value is -2.88. The van der Waals surface area contributed by atoms with Crippen LogP contribution < -0.4 is 26.4 Å². The molecule has 172 valence electrons. The molecule has 2 atom stereocenters. The van der Waals surface area contributed by atoms with Gasteiger partial charge in [-0.1, -0.05) is 6.07 Å². The van der Waals surface area contributed by atoms with Gasteiger partial charge >= 0.3 is 0 Å². The highest BCUT2D eigenvalue weighted by molar-refractivity contribution is 7.21. The van der Waals surface area contributed by atoms with E-state index in [9.17, 15) is 4.79 Å². The number of nitrogen functional groups attached to an aromatic ring is 1. The SMILES string of the molecule is Cc1ccc2c(N)c(C(=O)N[C@H]3COc4cc(N5C[C@@H](N)CC56COC6)ccc4C3)sc2n1. The predicted molar refractivity (Wildman–Crippen MR) is 129 cm³/mol. The standard InChI is InChI=1S/C24H27N5O3S/c1-13-2-5-18-20(26)21(33-23(18)27-13)22(30)28-16-6-14-3-4-17(7-19(14)32-10-16)29-9-15(25)8-24(29)11-31-12-24/h2-5,7,15-16H,6,8-12,25-26H2,1H3,(H,28,30)/t15-,16+/m0/s1. The van der Waals surface area contributed by atoms with Crippen molar-refractivity contribution >= 4 is 38.8 Å². The maximum Gasteiger partial charge on any atom is 0.263 e. The van der Waals surface area contributed by atoms with Crippen LogP contribution in [0.4, 0.5) is 11.4 Å². The number of carbonyl (C=O) groups excluding carboxylic acids is 1. The molecule has 0 aliphatic carbocycles. The van der Waals surface area contributed by atoms with Crippen LogP contribution in [0.25, 0.3) is 10.2 Å². The summed E-state index contributed by atoms with van der Waals surface area (Å²) in [5, 5.41) is 3.92. The van der Waals surface area contributed by atoms with E-state index < -0.39 is 0 Å². The molecule has 3 aliphatic rings. The first kappa shape index (κ1) is 20.7. The third-order valence-corrected chi connectivity index (χ3v) is 8.03. The highest BCUT2D eigenvalue weighted by Crippen LogP contribution is 2.41. The molecule has 2 saturated heterocycles. The number of anilines is 2. The second-order valence-electron chi connectivity index (χ2n) is 9.42. The Morgan fingerprint density at radius 1 is 1.30 bits per heavy atom. The summed E-state index contributed by atoms with van der Waals surface area (Å²) in [4.78, 5) is 21.1. The summed E-state index contributed by atoms with van der Waals surface area (Å²) in [5.41, 5.74) is 16.1. The second kappa shape index (κ2) is 7.58. The molecular weight excluding hydrogens is 438 g/mol. The lowest BCUT2D eigenvalue weighted by Crippen LogP contribution is -2.59. The van der Waals surface area contributed by atoms with Crippen molar-refractivity contribution in [1.82, 2.24) is 10.3 Å². The monoisotopic (exact) mass is 465 g/mol. The van der Waals surface area contributed by atoms with Gasteiger partial charge in [-0.05, 0) is 43.5 Å². The van der Waals surface area contributed by atoms with Gasteiger partial charge in [-0.2, -0.15) is 0 Å². The highest BCUT2D eigenvalue weighted by Gasteiger charge is 2.50. The fraction of sp³-hybridized carbons (Fsp3) is 0.417. The van der Waals surface area contributed by atoms with E-state index >= 15 is 0 Å². The number of nitrogens with two attached hydrogens (primary N) is 2. The Balaban J connectivity index is 1.18. The summed E-state index contributed by atoms with van der Waals surface area (Å²) in [7, 11) is 0. The number of thiophene rings is 1. The summed E-state index contributed by atoms with van der Waals surface area (Å²) in [6.07, 6.45) is 1.66. The number of amides is 1. The van der Waals surface area contributed by atoms with Crippen molar-refractivity contribution < 1.29 is 14.3 Å². The molecule has 5 N–H and O–H groups in total. The molecule has 1 aromatic carbocycles. The number of fused-ring (bicyclic) bond motifs is 2. The Labute approximate surface area is 195 Å². The molecular formula is C24H27N5O3S. The fourth-order valence-electron chi connectivity index (χ4n) is 5.21. The van der Waals surface area contributed by atoms with Gasteiger partial charge in [0.05, 0.1) is 30.5 Å². The smallest absolute Gasteiger partial charge is 0.263 e. The van der Waals surface area contributed by atoms with Crippen LogP contribution in [0.2, 0.25) is 0 Å². The first-order valence-corrected chi connectivity index (χ1v) is 12.1. The maximum atomic E-state index is 13.0. The van der Waals surface area contributed by atoms with E-state index in [-0.39, 0.29) is 23.5 Å². The Bertz CT molecular complexity index is 1250. The van der Waals surface area contributed by atoms with Crippen molar-refractivity contribution in [2.45, 2.75) is 37.4 Å². The largest absolute Gasteiger partial charge is 0.491 e. The lowest BCUT2D eigenvalue weighted by atomic mass is 9.92. The fourth-order valence-corrected chi connectivity index (χ4v) is 6.25. The number of ether oxygens (including phenoxy) is 2. The molecule has 1 amide bonds. The maximum absolute atomic E-state index is 13.0. The molecule has 2 aromatic heterocycles. The third kappa shape index (κ3) is 3.42. The molecule has 3 aromatic rings. The van der Waals surface area contributed by atoms with Crippen molar-refractivity contribution in [1.29, 1.82) is 0 Å². The van der Waals surface area contributed by atoms with Gasteiger partial charge in [0, 0.05) is 35.4 Å². The molecule has 0 radical (unpaired) electrons. The topological polar surface area (TPSA) is 116 Å². The molecule has 33 heavy (non-hydrogen) atoms. The average Bonchev–Trinajstić information content (AvgIpc) is 3.30. The number of hydrogen-bond donors (Lipinski definition) is 3. The summed E-state index contributed by atoms with van der Waals surface area (Å²) in [6.45, 7) is 4.62. The van der Waals surface area contributed by atoms with E-state index in [1.165, 1.54) is 11.3 Å². The molecule has 2 fully saturated rings. The first-order valence-electron chi connectivity index (χ1n) is 11.2. The number of nitrogens with one attached hydrogen (secondary N) is 1. The van der Waals surface area contributed by atoms with E-state index in [4.69, 9.17) is 20.9 Å². The van der Waals surface area contributed by atoms with Gasteiger partial charge < -0.3 is 31.2 Å². The number of rotatable bonds is 3. The summed E-state index contributed by atoms with van der Waals surface area (Å²) in [5.74, 6) is 0.690. The molecule has 9 heteroatoms. The van der Waals surface area contributed by atoms with Gasteiger partial charge in [-0.25, -0.2) is 4.98 Å². The van der Waals surface area contributed by atoms with Crippen LogP contribution in [-0.2, 0) is 11.2 Å². The Kier molecular flexibility index (Phi) is 4.76. The predicted octanol–water partition coefficient (Wildman–Crippen LogP) is 2.23. The molecule has 8 nitrogen and oxygen atoms in total. The minimum Gasteiger partial charge on any atom is -0.491 e. The van der Waals surface area contributed by atoms with Crippen LogP contribution in [0, 0.1) is 6.92 Å². The number of nitrogens with zero attached hydrogens (tertiary/aromatic N) is 2. The summed E-state index contributed by atoms with van der Waals surface area (Å²) in [6, 6.07) is 10.2. The zero-order valence-electron chi connectivity index (χ0n) is 18.5. The van der Waals surface area contributed by atoms with Crippen molar-refractivity contribution in [2.75, 3.05) is 37.0 Å². The number of aromatic nitrogens is 1. The number of benzene rings is 1. The van der Waals surface area contributed by atoms with Gasteiger partial charge in [0.2, 0.25) is 0 Å². The highest BCUT2D eigenvalue weighted by atomic mass is 32.1. The lowest BCUT2D eigenvalue weighted by molar-refractivity contribution is -0.0512. The second-order valence-corrected chi connectivity index (χ2v) is 10.4. The van der Waals surface area contributed by atoms with Crippen molar-refractivity contribution in [3.8, 4) is 5.75 Å². The van der Waals surface area contributed by atoms with E-state index in [1.54, 1.807) is 0 Å². The van der Waals surface area contributed by atoms with E-state index in [0.29, 0.717) is 23.6 Å². The molecule has 0 unspecified atom stereocenters. The van der Waals surface area contributed by atoms with Crippen molar-refractivity contribution in [2.24, 2.45) is 5.73 Å². The molecule has 3 aliphatic heterocycles. The van der Waals surface area contributed by atoms with Crippen LogP contribution in [-0.4, -0.2) is 54.9 Å². The van der Waals surface area contributed by atoms with Crippen LogP contribution in [0.1, 0.15) is 27.3 Å². The van der Waals surface area contributed by atoms with Gasteiger partial charge in [0.15, 0.2) is 0 Å². The average molecular weight is 466 g/mol. The van der Waals surface area contributed by atoms with Crippen LogP contribution >= 0.6 is 11.3 Å². The van der Waals surface area contributed by atoms with Gasteiger partial charge in [0.1, 0.15) is 22.1 Å². The number of hydrogen-bond acceptors (Lipinski definition) is 8. The van der Waals surface area contributed by atoms with Crippen molar-refractivity contribution in [3.05, 3.63) is 46.5 Å². The van der Waals surface area contributed by atoms with Gasteiger partial charge in [-0.15, -0.1) is 11.3 Å². The summed E-state index contributed by atoms with van der Waals surface area (Å²) < 4.78 is 11.6. The van der Waals surface area contributed by atoms with Gasteiger partial charge in [0.25, 0.3) is 5.91 Å². The molecule has 6 rings (SSSR count). The zero-order chi connectivity index (χ0) is 22.7. The minimum atomic E-state index is -0.181. The van der Waals surface area contributed by atoms with Crippen molar-refractivity contribution in [3.63, 3.8) is 0 Å². The van der Waals surface area contributed by atoms with E-state index in [1.807, 2.05) is 19.1 Å². The van der Waals surface area contributed by atoms with Gasteiger partial charge in [-0.3, -0.25) is 4.79 Å². The molecule has 5 heterocycles. The Morgan fingerprint density at radius 2 is 2.15 bits per heavy atom. The molecule has 0 bridgehead atoms. The van der Waals surface area contributed by atoms with E-state index in [0.717, 1.165) is 59.1 Å². The van der Waals surface area contributed by atoms with Crippen LogP contribution in [0.5, 0.6) is 5.75 Å². The molecule has 1 spiro atoms. The minimum absolute atomic E-state index is 0.0242. The van der Waals surface area contributed by atoms with E-state index in [2.05, 4.69) is 33.4 Å². The molecule has 0 saturated carbocycles. The quantitative estimate of drug-likeness (QED) is 0.543. The lowest BCUT2D eigenvalue weighted by Gasteiger charge is -2.46. The summed E-state index contributed by atoms with van der Waals surface area (Å²) >= 11 is 1.33. The zero-order valence-corrected chi connectivity index (χ0v) is 19.3. The number of carbonyl (C=O) groups is 1. The third-order valence-electron chi connectivity index (χ3n) is 6.92. The number of aryl methyl sites for hydroxylation is 1. The normalized spacial score (nSPS) is 23.3. The number of pyridine rings is 1. The van der Waals surface area contributed by atoms with Crippen LogP contribution in [0.15, 0.2) is 30.3 Å². The Morgan fingerprint density at radius 3 is 2.94 bits per heavy atom.